The van der Waals surface area contributed by atoms with Crippen molar-refractivity contribution in [2.24, 2.45) is 5.90 Å². The zero-order valence-electron chi connectivity index (χ0n) is 1.97. The fraction of sp³-hybridized carbons (Fsp3) is 0. The molecule has 0 bridgehead atoms. The summed E-state index contributed by atoms with van der Waals surface area (Å²) in [6.45, 7) is 0. The summed E-state index contributed by atoms with van der Waals surface area (Å²) in [5.41, 5.74) is 0. The van der Waals surface area contributed by atoms with E-state index in [0.717, 1.165) is 0 Å². The molecular formula is H4NO2P. The normalized spacial score (nSPS) is 10.2. The van der Waals surface area contributed by atoms with Crippen LogP contribution in [0.5, 0.6) is 0 Å². The lowest BCUT2D eigenvalue weighted by atomic mass is 13.6. The lowest BCUT2D eigenvalue weighted by Gasteiger charge is -1.64. The van der Waals surface area contributed by atoms with Crippen LogP contribution in [0.15, 0.2) is 0 Å². The van der Waals surface area contributed by atoms with Crippen LogP contribution in [0, 0.1) is 0 Å². The third-order valence-electron chi connectivity index (χ3n) is 0.0556. The van der Waals surface area contributed by atoms with Crippen LogP contribution in [-0.4, -0.2) is 0 Å². The molecule has 0 saturated heterocycles. The first kappa shape index (κ1) is 4.15. The Hall–Kier alpha value is 0.150. The third kappa shape index (κ3) is 2.15. The van der Waals surface area contributed by atoms with Crippen LogP contribution in [0.1, 0.15) is 0 Å². The Balaban J connectivity index is 2.30. The highest BCUT2D eigenvalue weighted by molar-refractivity contribution is 7.17. The highest BCUT2D eigenvalue weighted by atomic mass is 31.1. The maximum absolute atomic E-state index is 9.03. The second-order valence-electron chi connectivity index (χ2n) is 0.232. The van der Waals surface area contributed by atoms with Crippen LogP contribution >= 0.6 is 8.69 Å². The molecule has 0 aromatic rings. The van der Waals surface area contributed by atoms with Gasteiger partial charge in [-0.1, -0.05) is 0 Å². The molecule has 1 atom stereocenters. The fourth-order valence-electron chi connectivity index (χ4n) is 0. The summed E-state index contributed by atoms with van der Waals surface area (Å²) in [6.07, 6.45) is 0. The number of hydrogen-bond acceptors (Lipinski definition) is 3. The molecule has 0 spiro atoms. The van der Waals surface area contributed by atoms with E-state index in [1.165, 1.54) is 0 Å². The van der Waals surface area contributed by atoms with Gasteiger partial charge < -0.3 is 0 Å². The summed E-state index contributed by atoms with van der Waals surface area (Å²) in [4.78, 5) is 0. The Kier molecular flexibility index (Phi) is 3.27. The van der Waals surface area contributed by atoms with E-state index in [1.54, 1.807) is 0 Å². The van der Waals surface area contributed by atoms with Crippen molar-refractivity contribution in [2.45, 2.75) is 0 Å². The minimum absolute atomic E-state index is 1.19. The van der Waals surface area contributed by atoms with Crippen molar-refractivity contribution in [3.05, 3.63) is 0 Å². The van der Waals surface area contributed by atoms with E-state index in [-0.39, 0.29) is 0 Å². The van der Waals surface area contributed by atoms with E-state index in [1.807, 2.05) is 0 Å². The molecule has 0 aromatic heterocycles. The molecule has 4 heteroatoms. The van der Waals surface area contributed by atoms with E-state index in [0.29, 0.717) is 0 Å². The van der Waals surface area contributed by atoms with Crippen LogP contribution in [0.2, 0.25) is 0 Å². The van der Waals surface area contributed by atoms with Gasteiger partial charge in [0.15, 0.2) is 8.69 Å². The molecule has 2 N–H and O–H groups in total. The monoisotopic (exact) mass is 81.0 g/mol. The molecule has 0 fully saturated rings. The molecule has 0 aromatic carbocycles. The Morgan fingerprint density at radius 1 is 2.00 bits per heavy atom. The van der Waals surface area contributed by atoms with Crippen molar-refractivity contribution in [1.82, 2.24) is 0 Å². The van der Waals surface area contributed by atoms with Crippen LogP contribution in [0.4, 0.5) is 0 Å². The molecule has 0 aliphatic rings. The SMILES string of the molecule is NO[PH2]=O. The predicted octanol–water partition coefficient (Wildman–Crippen LogP) is -0.452. The molecule has 0 aliphatic heterocycles. The van der Waals surface area contributed by atoms with E-state index >= 15 is 0 Å². The van der Waals surface area contributed by atoms with E-state index in [4.69, 9.17) is 4.57 Å². The summed E-state index contributed by atoms with van der Waals surface area (Å²) in [5.74, 6) is 4.25. The zero-order valence-corrected chi connectivity index (χ0v) is 3.13. The van der Waals surface area contributed by atoms with Crippen LogP contribution < -0.4 is 5.90 Å². The molecular weight excluding hydrogens is 77.0 g/mol. The molecule has 0 radical (unpaired) electrons. The first-order chi connectivity index (χ1) is 1.91. The summed E-state index contributed by atoms with van der Waals surface area (Å²) in [6, 6.07) is 0. The van der Waals surface area contributed by atoms with Crippen molar-refractivity contribution >= 4 is 8.69 Å². The first-order valence-corrected chi connectivity index (χ1v) is 1.65. The number of nitrogens with two attached hydrogens (primary N) is 1. The molecule has 0 amide bonds. The van der Waals surface area contributed by atoms with Gasteiger partial charge in [0.2, 0.25) is 0 Å². The quantitative estimate of drug-likeness (QED) is 0.343. The van der Waals surface area contributed by atoms with Crippen molar-refractivity contribution < 1.29 is 9.19 Å². The first-order valence-electron chi connectivity index (χ1n) is 0.707. The van der Waals surface area contributed by atoms with Crippen molar-refractivity contribution in [3.63, 3.8) is 0 Å². The smallest absolute Gasteiger partial charge is 0.198 e. The standard InChI is InChI=1S/H4NO2P/c1-3-4-2/h1,4H2. The van der Waals surface area contributed by atoms with Gasteiger partial charge in [-0.05, 0) is 0 Å². The van der Waals surface area contributed by atoms with E-state index in [2.05, 4.69) is 10.5 Å². The van der Waals surface area contributed by atoms with Crippen molar-refractivity contribution in [1.29, 1.82) is 0 Å². The van der Waals surface area contributed by atoms with Gasteiger partial charge in [-0.3, -0.25) is 9.19 Å². The molecule has 0 rings (SSSR count). The second-order valence-corrected chi connectivity index (χ2v) is 0.697. The van der Waals surface area contributed by atoms with Gasteiger partial charge in [0.05, 0.1) is 0 Å². The van der Waals surface area contributed by atoms with Gasteiger partial charge in [0, 0.05) is 0 Å². The summed E-state index contributed by atoms with van der Waals surface area (Å²) < 4.78 is 12.6. The van der Waals surface area contributed by atoms with Gasteiger partial charge in [0.25, 0.3) is 0 Å². The van der Waals surface area contributed by atoms with Crippen LogP contribution in [0.3, 0.4) is 0 Å². The second kappa shape index (κ2) is 3.15. The Morgan fingerprint density at radius 3 is 2.25 bits per heavy atom. The highest BCUT2D eigenvalue weighted by Gasteiger charge is 1.43. The minimum atomic E-state index is -1.19. The molecule has 3 nitrogen and oxygen atoms in total. The van der Waals surface area contributed by atoms with Gasteiger partial charge in [0.1, 0.15) is 0 Å². The van der Waals surface area contributed by atoms with E-state index < -0.39 is 8.69 Å². The number of rotatable bonds is 1. The summed E-state index contributed by atoms with van der Waals surface area (Å²) in [5, 5.41) is 0. The Morgan fingerprint density at radius 2 is 2.25 bits per heavy atom. The Bertz CT molecular complexity index is 20.0. The maximum atomic E-state index is 9.03. The molecule has 0 heterocycles. The molecule has 26 valence electrons. The molecule has 1 unspecified atom stereocenters. The lowest BCUT2D eigenvalue weighted by molar-refractivity contribution is 0.361. The lowest BCUT2D eigenvalue weighted by Crippen LogP contribution is -1.79. The fourth-order valence-corrected chi connectivity index (χ4v) is 0. The van der Waals surface area contributed by atoms with Gasteiger partial charge in [-0.15, -0.1) is 0 Å². The van der Waals surface area contributed by atoms with Crippen LogP contribution in [-0.2, 0) is 9.19 Å². The van der Waals surface area contributed by atoms with Crippen molar-refractivity contribution in [3.8, 4) is 0 Å². The predicted molar refractivity (Wildman–Crippen MR) is 15.7 cm³/mol. The maximum Gasteiger partial charge on any atom is 0.198 e. The molecule has 0 saturated carbocycles. The molecule has 4 heavy (non-hydrogen) atoms. The molecule has 0 aliphatic carbocycles. The van der Waals surface area contributed by atoms with Gasteiger partial charge in [-0.25, -0.2) is 5.90 Å². The average Bonchev–Trinajstić information content (AvgIpc) is 1.37. The van der Waals surface area contributed by atoms with E-state index in [9.17, 15) is 0 Å². The van der Waals surface area contributed by atoms with Gasteiger partial charge in [-0.2, -0.15) is 0 Å². The zero-order chi connectivity index (χ0) is 3.41. The van der Waals surface area contributed by atoms with Gasteiger partial charge >= 0.3 is 0 Å². The highest BCUT2D eigenvalue weighted by Crippen LogP contribution is 1.79. The number of hydrogen-bond donors (Lipinski definition) is 1. The summed E-state index contributed by atoms with van der Waals surface area (Å²) >= 11 is 0. The van der Waals surface area contributed by atoms with Crippen molar-refractivity contribution in [2.75, 3.05) is 0 Å². The Labute approximate surface area is 25.0 Å². The largest absolute Gasteiger partial charge is 0.298 e. The minimum Gasteiger partial charge on any atom is -0.298 e. The topological polar surface area (TPSA) is 52.3 Å². The third-order valence-corrected chi connectivity index (χ3v) is 0.167. The van der Waals surface area contributed by atoms with Crippen LogP contribution in [0.25, 0.3) is 0 Å². The summed E-state index contributed by atoms with van der Waals surface area (Å²) in [7, 11) is -1.19. The average molecular weight is 81.0 g/mol.